The number of morpholine rings is 1. The molecule has 0 amide bonds. The first kappa shape index (κ1) is 49.1. The van der Waals surface area contributed by atoms with Crippen molar-refractivity contribution in [1.82, 2.24) is 10.2 Å². The van der Waals surface area contributed by atoms with Crippen LogP contribution in [-0.4, -0.2) is 154 Å². The van der Waals surface area contributed by atoms with Gasteiger partial charge in [-0.15, -0.1) is 0 Å². The van der Waals surface area contributed by atoms with E-state index in [2.05, 4.69) is 55.3 Å². The van der Waals surface area contributed by atoms with E-state index in [4.69, 9.17) is 33.2 Å². The number of aliphatic hydroxyl groups is 3. The molecule has 0 aromatic heterocycles. The first-order valence-electron chi connectivity index (χ1n) is 25.4. The third kappa shape index (κ3) is 7.32. The summed E-state index contributed by atoms with van der Waals surface area (Å²) in [5, 5.41) is 36.8. The zero-order chi connectivity index (χ0) is 49.4. The molecule has 69 heavy (non-hydrogen) atoms. The average molecular weight is 959 g/mol. The number of methoxy groups -OCH3 is 1. The van der Waals surface area contributed by atoms with Crippen LogP contribution in [0.4, 0.5) is 0 Å². The Morgan fingerprint density at radius 3 is 2.28 bits per heavy atom. The van der Waals surface area contributed by atoms with Gasteiger partial charge in [-0.3, -0.25) is 14.5 Å². The Labute approximate surface area is 406 Å². The molecule has 15 heteroatoms. The number of fused-ring (bicyclic) bond motifs is 2. The van der Waals surface area contributed by atoms with Crippen LogP contribution in [0.1, 0.15) is 107 Å². The van der Waals surface area contributed by atoms with Crippen molar-refractivity contribution in [2.45, 2.75) is 183 Å². The predicted molar refractivity (Wildman–Crippen MR) is 252 cm³/mol. The van der Waals surface area contributed by atoms with Crippen molar-refractivity contribution < 1.29 is 62.9 Å². The lowest BCUT2D eigenvalue weighted by atomic mass is 9.62. The molecule has 8 fully saturated rings. The Morgan fingerprint density at radius 2 is 1.62 bits per heavy atom. The topological polar surface area (TPSA) is 192 Å². The second kappa shape index (κ2) is 17.0. The van der Waals surface area contributed by atoms with Crippen LogP contribution in [0, 0.1) is 23.7 Å². The van der Waals surface area contributed by atoms with Crippen molar-refractivity contribution in [3.05, 3.63) is 69.8 Å². The van der Waals surface area contributed by atoms with Crippen LogP contribution in [0.2, 0.25) is 0 Å². The second-order valence-electron chi connectivity index (χ2n) is 23.0. The number of aliphatic hydroxyl groups excluding tert-OH is 3. The van der Waals surface area contributed by atoms with E-state index in [0.717, 1.165) is 17.6 Å². The van der Waals surface area contributed by atoms with Crippen molar-refractivity contribution in [2.75, 3.05) is 40.5 Å². The summed E-state index contributed by atoms with van der Waals surface area (Å²) in [6.07, 6.45) is 8.56. The highest BCUT2D eigenvalue weighted by Crippen LogP contribution is 2.72. The number of Topliss-reactive ketones (excluding diaryl/α,β-unsaturated/α-hetero) is 2. The number of carbonyl (C=O) groups is 3. The zero-order valence-electron chi connectivity index (χ0n) is 42.1. The summed E-state index contributed by atoms with van der Waals surface area (Å²) in [4.78, 5) is 48.2. The van der Waals surface area contributed by atoms with E-state index in [1.807, 2.05) is 27.7 Å². The number of ketones is 2. The lowest BCUT2D eigenvalue weighted by Crippen LogP contribution is -2.70. The maximum absolute atomic E-state index is 16.9. The fraction of sp³-hybridized carbons (Fsp3) is 0.722. The van der Waals surface area contributed by atoms with Crippen LogP contribution in [0.15, 0.2) is 69.8 Å². The molecule has 10 aliphatic rings. The summed E-state index contributed by atoms with van der Waals surface area (Å²) in [5.41, 5.74) is -3.83. The number of nitrogens with one attached hydrogen (secondary N) is 1. The van der Waals surface area contributed by atoms with Gasteiger partial charge < -0.3 is 53.8 Å². The average Bonchev–Trinajstić information content (AvgIpc) is 4.12. The number of esters is 1. The van der Waals surface area contributed by atoms with Gasteiger partial charge in [-0.2, -0.15) is 0 Å². The summed E-state index contributed by atoms with van der Waals surface area (Å²) < 4.78 is 47.6. The van der Waals surface area contributed by atoms with E-state index < -0.39 is 99.9 Å². The molecule has 3 spiro atoms. The van der Waals surface area contributed by atoms with Crippen LogP contribution in [0.5, 0.6) is 0 Å². The van der Waals surface area contributed by atoms with Gasteiger partial charge in [0.2, 0.25) is 0 Å². The van der Waals surface area contributed by atoms with Gasteiger partial charge in [0.1, 0.15) is 28.8 Å². The summed E-state index contributed by atoms with van der Waals surface area (Å²) in [7, 11) is 3.11. The zero-order valence-corrected chi connectivity index (χ0v) is 42.1. The lowest BCUT2D eigenvalue weighted by Gasteiger charge is -2.54. The van der Waals surface area contributed by atoms with Gasteiger partial charge in [-0.05, 0) is 94.0 Å². The number of likely N-dealkylation sites (N-methyl/N-ethyl adjacent to an activating group) is 1. The summed E-state index contributed by atoms with van der Waals surface area (Å²) in [6, 6.07) is -1.05. The first-order chi connectivity index (χ1) is 32.6. The molecular formula is C54H74N2O13. The monoisotopic (exact) mass is 959 g/mol. The van der Waals surface area contributed by atoms with E-state index in [1.165, 1.54) is 12.7 Å². The molecule has 5 heterocycles. The Kier molecular flexibility index (Phi) is 12.1. The molecule has 5 aliphatic heterocycles. The number of hydrogen-bond acceptors (Lipinski definition) is 15. The van der Waals surface area contributed by atoms with Gasteiger partial charge in [0.15, 0.2) is 22.8 Å². The Bertz CT molecular complexity index is 2350. The minimum Gasteiger partial charge on any atom is -0.490 e. The third-order valence-corrected chi connectivity index (χ3v) is 17.7. The summed E-state index contributed by atoms with van der Waals surface area (Å²) >= 11 is 0. The number of rotatable bonds is 12. The number of carbonyl (C=O) groups excluding carboxylic acids is 3. The molecule has 16 atom stereocenters. The molecule has 5 aliphatic carbocycles. The van der Waals surface area contributed by atoms with E-state index >= 15 is 9.59 Å². The molecular weight excluding hydrogens is 885 g/mol. The minimum absolute atomic E-state index is 0.0139. The van der Waals surface area contributed by atoms with Crippen LogP contribution in [0.3, 0.4) is 0 Å². The molecule has 0 aromatic rings. The van der Waals surface area contributed by atoms with Crippen molar-refractivity contribution in [2.24, 2.45) is 23.7 Å². The second-order valence-corrected chi connectivity index (χ2v) is 23.0. The van der Waals surface area contributed by atoms with Crippen molar-refractivity contribution in [3.63, 3.8) is 0 Å². The number of nitrogens with zero attached hydrogens (tertiary/aromatic N) is 1. The highest BCUT2D eigenvalue weighted by molar-refractivity contribution is 6.07. The molecule has 15 nitrogen and oxygen atoms in total. The fourth-order valence-corrected chi connectivity index (χ4v) is 14.3. The van der Waals surface area contributed by atoms with Gasteiger partial charge in [-0.1, -0.05) is 41.5 Å². The largest absolute Gasteiger partial charge is 0.490 e. The molecule has 4 N–H and O–H groups in total. The number of ether oxygens (including phenoxy) is 7. The highest BCUT2D eigenvalue weighted by Gasteiger charge is 2.86. The molecule has 10 rings (SSSR count). The molecule has 4 saturated heterocycles. The SMILES string of the molecule is CNC1CC2C(N3CCOCC3)C3C(=O)C4=C(OC5CC56O[C@]5(C[C@@H]5O)[C@@H](O)C[C@H]6O)C5C=CC(C)(CCC=C(C)C)OC5C(CC=C(C)C)=C4OC34C2C(C)(C)O[C@@]4(C/C=C(/C)C(=O)OC)C1=O. The summed E-state index contributed by atoms with van der Waals surface area (Å²) in [5.74, 6) is -2.58. The lowest BCUT2D eigenvalue weighted by molar-refractivity contribution is -0.218. The van der Waals surface area contributed by atoms with Crippen LogP contribution >= 0.6 is 0 Å². The van der Waals surface area contributed by atoms with Crippen LogP contribution in [-0.2, 0) is 47.5 Å². The van der Waals surface area contributed by atoms with Gasteiger partial charge in [-0.25, -0.2) is 4.79 Å². The quantitative estimate of drug-likeness (QED) is 0.120. The Balaban J connectivity index is 1.21. The first-order valence-corrected chi connectivity index (χ1v) is 25.4. The van der Waals surface area contributed by atoms with Crippen molar-refractivity contribution in [3.8, 4) is 0 Å². The fourth-order valence-electron chi connectivity index (χ4n) is 14.3. The van der Waals surface area contributed by atoms with Crippen LogP contribution < -0.4 is 5.32 Å². The Hall–Kier alpha value is -3.51. The Morgan fingerprint density at radius 1 is 0.928 bits per heavy atom. The third-order valence-electron chi connectivity index (χ3n) is 17.7. The van der Waals surface area contributed by atoms with E-state index in [1.54, 1.807) is 20.0 Å². The molecule has 4 bridgehead atoms. The molecule has 378 valence electrons. The standard InChI is InChI=1S/C54H74N2O13/c1-28(2)12-11-17-50(8)18-16-32-43(66-50)31(14-13-29(3)4)45-39(44(32)65-38-27-52(38)36(58)25-35(57)51(69-52)26-37(51)59)42(60)40-41(56-20-22-64-23-21-56)33-24-34(55-9)47(61)53(19-15-30(5)48(62)63-10)54(40,67-45)46(33)49(6,7)68-53/h12-13,15-16,18,32-38,40-41,43,46,55,57-59H,11,14,17,19-27H2,1-10H3/b30-15-/t32?,33?,34?,35-,36+,37-,38?,40?,41?,43?,46?,50?,51+,52?,53-,54?/m0/s1. The van der Waals surface area contributed by atoms with Gasteiger partial charge in [0.25, 0.3) is 0 Å². The molecule has 4 saturated carbocycles. The predicted octanol–water partition coefficient (Wildman–Crippen LogP) is 4.63. The molecule has 0 aromatic carbocycles. The van der Waals surface area contributed by atoms with Gasteiger partial charge in [0.05, 0.1) is 79.4 Å². The number of allylic oxidation sites excluding steroid dienone is 5. The number of hydrogen-bond donors (Lipinski definition) is 4. The van der Waals surface area contributed by atoms with Crippen molar-refractivity contribution in [1.29, 1.82) is 0 Å². The maximum atomic E-state index is 16.9. The normalized spacial score (nSPS) is 44.8. The maximum Gasteiger partial charge on any atom is 0.333 e. The molecule has 0 radical (unpaired) electrons. The van der Waals surface area contributed by atoms with Crippen LogP contribution in [0.25, 0.3) is 0 Å². The summed E-state index contributed by atoms with van der Waals surface area (Å²) in [6.45, 7) is 18.1. The highest BCUT2D eigenvalue weighted by atomic mass is 16.6. The van der Waals surface area contributed by atoms with Gasteiger partial charge >= 0.3 is 5.97 Å². The smallest absolute Gasteiger partial charge is 0.333 e. The van der Waals surface area contributed by atoms with E-state index in [0.29, 0.717) is 62.7 Å². The van der Waals surface area contributed by atoms with E-state index in [-0.39, 0.29) is 48.7 Å². The van der Waals surface area contributed by atoms with E-state index in [9.17, 15) is 20.1 Å². The van der Waals surface area contributed by atoms with Crippen molar-refractivity contribution >= 4 is 17.5 Å². The molecule has 11 unspecified atom stereocenters. The van der Waals surface area contributed by atoms with Gasteiger partial charge in [0, 0.05) is 61.9 Å². The minimum atomic E-state index is -1.76.